The van der Waals surface area contributed by atoms with Crippen molar-refractivity contribution in [2.45, 2.75) is 0 Å². The number of carboxylic acid groups (broad SMARTS) is 1. The van der Waals surface area contributed by atoms with E-state index in [1.165, 1.54) is 12.1 Å². The Hall–Kier alpha value is -2.95. The maximum Gasteiger partial charge on any atom is 0.336 e. The first-order valence-electron chi connectivity index (χ1n) is 6.30. The summed E-state index contributed by atoms with van der Waals surface area (Å²) < 4.78 is 13.6. The second-order valence-corrected chi connectivity index (χ2v) is 4.48. The first kappa shape index (κ1) is 13.1. The van der Waals surface area contributed by atoms with Crippen molar-refractivity contribution < 1.29 is 14.3 Å². The number of benzene rings is 2. The van der Waals surface area contributed by atoms with Gasteiger partial charge in [-0.15, -0.1) is 0 Å². The lowest BCUT2D eigenvalue weighted by Crippen LogP contribution is -2.00. The number of aromatic carboxylic acids is 1. The van der Waals surface area contributed by atoms with E-state index in [9.17, 15) is 9.18 Å². The largest absolute Gasteiger partial charge is 0.478 e. The first-order valence-corrected chi connectivity index (χ1v) is 6.30. The van der Waals surface area contributed by atoms with E-state index in [0.29, 0.717) is 22.4 Å². The van der Waals surface area contributed by atoms with E-state index >= 15 is 0 Å². The number of carbonyl (C=O) groups is 1. The van der Waals surface area contributed by atoms with Gasteiger partial charge in [-0.3, -0.25) is 0 Å². The topological polar surface area (TPSA) is 62.2 Å². The lowest BCUT2D eigenvalue weighted by atomic mass is 10.1. The lowest BCUT2D eigenvalue weighted by molar-refractivity contribution is 0.0699. The molecule has 2 N–H and O–H groups in total. The number of rotatable bonds is 3. The highest BCUT2D eigenvalue weighted by molar-refractivity contribution is 6.02. The monoisotopic (exact) mass is 282 g/mol. The molecule has 0 amide bonds. The molecule has 0 bridgehead atoms. The maximum absolute atomic E-state index is 13.6. The number of aromatic nitrogens is 1. The predicted molar refractivity (Wildman–Crippen MR) is 78.4 cm³/mol. The van der Waals surface area contributed by atoms with E-state index in [-0.39, 0.29) is 11.4 Å². The van der Waals surface area contributed by atoms with Crippen molar-refractivity contribution >= 4 is 28.4 Å². The summed E-state index contributed by atoms with van der Waals surface area (Å²) in [6, 6.07) is 14.4. The third-order valence-corrected chi connectivity index (χ3v) is 3.10. The van der Waals surface area contributed by atoms with Crippen molar-refractivity contribution in [1.29, 1.82) is 0 Å². The van der Waals surface area contributed by atoms with Crippen LogP contribution in [0.3, 0.4) is 0 Å². The van der Waals surface area contributed by atoms with Crippen LogP contribution in [-0.2, 0) is 0 Å². The zero-order chi connectivity index (χ0) is 14.8. The minimum atomic E-state index is -1.00. The Kier molecular flexibility index (Phi) is 3.23. The van der Waals surface area contributed by atoms with Gasteiger partial charge in [0.2, 0.25) is 0 Å². The second-order valence-electron chi connectivity index (χ2n) is 4.48. The molecule has 0 aliphatic heterocycles. The van der Waals surface area contributed by atoms with Crippen LogP contribution in [0.2, 0.25) is 0 Å². The zero-order valence-corrected chi connectivity index (χ0v) is 10.9. The molecule has 21 heavy (non-hydrogen) atoms. The smallest absolute Gasteiger partial charge is 0.336 e. The Labute approximate surface area is 119 Å². The van der Waals surface area contributed by atoms with Gasteiger partial charge in [-0.05, 0) is 36.4 Å². The number of fused-ring (bicyclic) bond motifs is 1. The number of anilines is 2. The van der Waals surface area contributed by atoms with Gasteiger partial charge in [-0.1, -0.05) is 18.2 Å². The summed E-state index contributed by atoms with van der Waals surface area (Å²) in [5, 5.41) is 12.6. The fourth-order valence-electron chi connectivity index (χ4n) is 2.11. The van der Waals surface area contributed by atoms with Crippen molar-refractivity contribution in [3.63, 3.8) is 0 Å². The SMILES string of the molecule is O=C(O)c1cccc2nc(Nc3ccccc3F)ccc12. The Morgan fingerprint density at radius 3 is 2.62 bits per heavy atom. The number of hydrogen-bond acceptors (Lipinski definition) is 3. The number of pyridine rings is 1. The van der Waals surface area contributed by atoms with Gasteiger partial charge in [0, 0.05) is 5.39 Å². The quantitative estimate of drug-likeness (QED) is 0.766. The normalized spacial score (nSPS) is 10.5. The van der Waals surface area contributed by atoms with Crippen LogP contribution < -0.4 is 5.32 Å². The Morgan fingerprint density at radius 2 is 1.86 bits per heavy atom. The van der Waals surface area contributed by atoms with Gasteiger partial charge in [-0.2, -0.15) is 0 Å². The maximum atomic E-state index is 13.6. The molecule has 1 heterocycles. The van der Waals surface area contributed by atoms with E-state index < -0.39 is 5.97 Å². The molecule has 1 aromatic heterocycles. The van der Waals surface area contributed by atoms with Crippen molar-refractivity contribution in [3.05, 3.63) is 66.0 Å². The number of nitrogens with one attached hydrogen (secondary N) is 1. The summed E-state index contributed by atoms with van der Waals surface area (Å²) in [5.74, 6) is -0.925. The van der Waals surface area contributed by atoms with Crippen LogP contribution in [0.1, 0.15) is 10.4 Å². The van der Waals surface area contributed by atoms with Crippen LogP contribution in [0.5, 0.6) is 0 Å². The van der Waals surface area contributed by atoms with Gasteiger partial charge >= 0.3 is 5.97 Å². The molecule has 0 unspecified atom stereocenters. The average Bonchev–Trinajstić information content (AvgIpc) is 2.48. The number of carboxylic acids is 1. The minimum absolute atomic E-state index is 0.192. The molecule has 0 aliphatic carbocycles. The Morgan fingerprint density at radius 1 is 1.05 bits per heavy atom. The molecule has 0 fully saturated rings. The number of hydrogen-bond donors (Lipinski definition) is 2. The van der Waals surface area contributed by atoms with Crippen LogP contribution in [0, 0.1) is 5.82 Å². The van der Waals surface area contributed by atoms with Gasteiger partial charge in [-0.25, -0.2) is 14.2 Å². The highest BCUT2D eigenvalue weighted by Crippen LogP contribution is 2.22. The van der Waals surface area contributed by atoms with Gasteiger partial charge < -0.3 is 10.4 Å². The summed E-state index contributed by atoms with van der Waals surface area (Å²) in [6.07, 6.45) is 0. The van der Waals surface area contributed by atoms with E-state index in [0.717, 1.165) is 0 Å². The van der Waals surface area contributed by atoms with Crippen LogP contribution in [0.4, 0.5) is 15.9 Å². The molecule has 4 nitrogen and oxygen atoms in total. The molecule has 0 radical (unpaired) electrons. The molecule has 0 atom stereocenters. The Bertz CT molecular complexity index is 833. The molecule has 5 heteroatoms. The van der Waals surface area contributed by atoms with E-state index in [2.05, 4.69) is 10.3 Å². The molecule has 0 aliphatic rings. The minimum Gasteiger partial charge on any atom is -0.478 e. The van der Waals surface area contributed by atoms with Crippen molar-refractivity contribution in [1.82, 2.24) is 4.98 Å². The molecule has 0 saturated carbocycles. The first-order chi connectivity index (χ1) is 10.1. The van der Waals surface area contributed by atoms with E-state index in [1.807, 2.05) is 0 Å². The van der Waals surface area contributed by atoms with Crippen molar-refractivity contribution in [2.24, 2.45) is 0 Å². The van der Waals surface area contributed by atoms with Crippen LogP contribution in [0.25, 0.3) is 10.9 Å². The standard InChI is InChI=1S/C16H11FN2O2/c17-12-5-1-2-6-14(12)19-15-9-8-10-11(16(20)21)4-3-7-13(10)18-15/h1-9H,(H,18,19)(H,20,21). The highest BCUT2D eigenvalue weighted by atomic mass is 19.1. The van der Waals surface area contributed by atoms with Crippen molar-refractivity contribution in [3.8, 4) is 0 Å². The van der Waals surface area contributed by atoms with E-state index in [1.54, 1.807) is 42.5 Å². The second kappa shape index (κ2) is 5.20. The van der Waals surface area contributed by atoms with Gasteiger partial charge in [0.15, 0.2) is 0 Å². The van der Waals surface area contributed by atoms with Gasteiger partial charge in [0.05, 0.1) is 16.8 Å². The number of nitrogens with zero attached hydrogens (tertiary/aromatic N) is 1. The van der Waals surface area contributed by atoms with Crippen LogP contribution >= 0.6 is 0 Å². The summed E-state index contributed by atoms with van der Waals surface area (Å²) in [7, 11) is 0. The number of halogens is 1. The fourth-order valence-corrected chi connectivity index (χ4v) is 2.11. The van der Waals surface area contributed by atoms with Crippen LogP contribution in [0.15, 0.2) is 54.6 Å². The Balaban J connectivity index is 2.03. The van der Waals surface area contributed by atoms with E-state index in [4.69, 9.17) is 5.11 Å². The molecule has 0 saturated heterocycles. The fraction of sp³-hybridized carbons (Fsp3) is 0. The third kappa shape index (κ3) is 2.53. The predicted octanol–water partition coefficient (Wildman–Crippen LogP) is 3.82. The average molecular weight is 282 g/mol. The molecule has 2 aromatic carbocycles. The van der Waals surface area contributed by atoms with Gasteiger partial charge in [0.1, 0.15) is 11.6 Å². The summed E-state index contributed by atoms with van der Waals surface area (Å²) in [4.78, 5) is 15.5. The lowest BCUT2D eigenvalue weighted by Gasteiger charge is -2.08. The summed E-state index contributed by atoms with van der Waals surface area (Å²) in [5.41, 5.74) is 1.05. The zero-order valence-electron chi connectivity index (χ0n) is 10.9. The molecule has 0 spiro atoms. The molecular weight excluding hydrogens is 271 g/mol. The number of para-hydroxylation sites is 1. The van der Waals surface area contributed by atoms with Crippen molar-refractivity contribution in [2.75, 3.05) is 5.32 Å². The molecule has 3 aromatic rings. The van der Waals surface area contributed by atoms with Gasteiger partial charge in [0.25, 0.3) is 0 Å². The third-order valence-electron chi connectivity index (χ3n) is 3.10. The summed E-state index contributed by atoms with van der Waals surface area (Å²) >= 11 is 0. The summed E-state index contributed by atoms with van der Waals surface area (Å²) in [6.45, 7) is 0. The highest BCUT2D eigenvalue weighted by Gasteiger charge is 2.09. The molecular formula is C16H11FN2O2. The van der Waals surface area contributed by atoms with Crippen LogP contribution in [-0.4, -0.2) is 16.1 Å². The molecule has 3 rings (SSSR count). The molecule has 104 valence electrons.